The minimum atomic E-state index is -0.170. The van der Waals surface area contributed by atoms with Crippen molar-refractivity contribution in [3.8, 4) is 0 Å². The van der Waals surface area contributed by atoms with E-state index in [-0.39, 0.29) is 5.91 Å². The minimum absolute atomic E-state index is 0.170. The summed E-state index contributed by atoms with van der Waals surface area (Å²) in [5, 5.41) is 0. The van der Waals surface area contributed by atoms with E-state index in [1.807, 2.05) is 0 Å². The van der Waals surface area contributed by atoms with Gasteiger partial charge in [-0.25, -0.2) is 0 Å². The maximum Gasteiger partial charge on any atom is 0.218 e. The molecule has 0 aromatic heterocycles. The van der Waals surface area contributed by atoms with Crippen LogP contribution in [0.4, 0.5) is 0 Å². The molecular formula is C17H25NO. The van der Waals surface area contributed by atoms with Crippen molar-refractivity contribution in [3.05, 3.63) is 34.9 Å². The number of aryl methyl sites for hydroxylation is 1. The maximum atomic E-state index is 11.4. The molecule has 2 rings (SSSR count). The summed E-state index contributed by atoms with van der Waals surface area (Å²) in [5.74, 6) is 0.774. The molecule has 1 unspecified atom stereocenters. The van der Waals surface area contributed by atoms with Crippen LogP contribution in [0.25, 0.3) is 0 Å². The quantitative estimate of drug-likeness (QED) is 0.877. The zero-order valence-corrected chi connectivity index (χ0v) is 12.1. The number of amides is 1. The van der Waals surface area contributed by atoms with Crippen LogP contribution in [0.15, 0.2) is 18.2 Å². The summed E-state index contributed by atoms with van der Waals surface area (Å²) in [5.41, 5.74) is 9.47. The molecule has 1 amide bonds. The molecular weight excluding hydrogens is 234 g/mol. The molecule has 1 aliphatic rings. The highest BCUT2D eigenvalue weighted by Crippen LogP contribution is 2.39. The Morgan fingerprint density at radius 1 is 1.26 bits per heavy atom. The number of hydrogen-bond acceptors (Lipinski definition) is 1. The Balaban J connectivity index is 2.30. The van der Waals surface area contributed by atoms with Gasteiger partial charge in [0.1, 0.15) is 0 Å². The second kappa shape index (κ2) is 6.23. The Morgan fingerprint density at radius 2 is 1.95 bits per heavy atom. The van der Waals surface area contributed by atoms with Crippen LogP contribution in [0.2, 0.25) is 0 Å². The van der Waals surface area contributed by atoms with Gasteiger partial charge in [-0.15, -0.1) is 0 Å². The molecule has 1 aromatic rings. The zero-order valence-electron chi connectivity index (χ0n) is 12.1. The number of carbonyl (C=O) groups excluding carboxylic acids is 1. The molecule has 1 aromatic carbocycles. The van der Waals surface area contributed by atoms with Gasteiger partial charge in [0.25, 0.3) is 0 Å². The summed E-state index contributed by atoms with van der Waals surface area (Å²) >= 11 is 0. The maximum absolute atomic E-state index is 11.4. The number of carbonyl (C=O) groups is 1. The molecule has 1 atom stereocenters. The number of benzene rings is 1. The molecule has 0 aliphatic heterocycles. The summed E-state index contributed by atoms with van der Waals surface area (Å²) in [4.78, 5) is 11.4. The summed E-state index contributed by atoms with van der Waals surface area (Å²) < 4.78 is 0. The molecule has 0 radical (unpaired) electrons. The van der Waals surface area contributed by atoms with Gasteiger partial charge in [0.2, 0.25) is 5.91 Å². The van der Waals surface area contributed by atoms with E-state index in [1.54, 1.807) is 0 Å². The Hall–Kier alpha value is -1.31. The highest BCUT2D eigenvalue weighted by atomic mass is 16.1. The molecule has 0 bridgehead atoms. The van der Waals surface area contributed by atoms with Crippen molar-refractivity contribution < 1.29 is 4.79 Å². The largest absolute Gasteiger partial charge is 0.370 e. The van der Waals surface area contributed by atoms with E-state index in [0.717, 1.165) is 0 Å². The van der Waals surface area contributed by atoms with Crippen LogP contribution >= 0.6 is 0 Å². The van der Waals surface area contributed by atoms with Crippen LogP contribution in [0.1, 0.15) is 61.1 Å². The Bertz CT molecular complexity index is 447. The third-order valence-corrected chi connectivity index (χ3v) is 4.69. The van der Waals surface area contributed by atoms with Crippen molar-refractivity contribution in [2.45, 2.75) is 58.3 Å². The zero-order chi connectivity index (χ0) is 13.8. The first kappa shape index (κ1) is 14.1. The predicted molar refractivity (Wildman–Crippen MR) is 79.0 cm³/mol. The van der Waals surface area contributed by atoms with Gasteiger partial charge in [0.15, 0.2) is 0 Å². The molecule has 2 N–H and O–H groups in total. The SMILES string of the molecule is Cc1cccc(C(CC(N)=O)C2CCCCC2)c1C. The summed E-state index contributed by atoms with van der Waals surface area (Å²) in [6.07, 6.45) is 6.91. The van der Waals surface area contributed by atoms with Gasteiger partial charge in [-0.05, 0) is 55.2 Å². The first-order valence-electron chi connectivity index (χ1n) is 7.44. The Labute approximate surface area is 116 Å². The lowest BCUT2D eigenvalue weighted by molar-refractivity contribution is -0.118. The predicted octanol–water partition coefficient (Wildman–Crippen LogP) is 3.84. The highest BCUT2D eigenvalue weighted by molar-refractivity contribution is 5.75. The summed E-state index contributed by atoms with van der Waals surface area (Å²) in [6, 6.07) is 6.43. The molecule has 0 saturated heterocycles. The van der Waals surface area contributed by atoms with Crippen LogP contribution in [0.5, 0.6) is 0 Å². The molecule has 19 heavy (non-hydrogen) atoms. The van der Waals surface area contributed by atoms with Gasteiger partial charge in [0, 0.05) is 6.42 Å². The van der Waals surface area contributed by atoms with Gasteiger partial charge >= 0.3 is 0 Å². The summed E-state index contributed by atoms with van der Waals surface area (Å²) in [7, 11) is 0. The normalized spacial score (nSPS) is 18.2. The van der Waals surface area contributed by atoms with Crippen molar-refractivity contribution in [2.24, 2.45) is 11.7 Å². The molecule has 0 spiro atoms. The topological polar surface area (TPSA) is 43.1 Å². The van der Waals surface area contributed by atoms with E-state index < -0.39 is 0 Å². The number of rotatable bonds is 4. The first-order valence-corrected chi connectivity index (χ1v) is 7.44. The number of hydrogen-bond donors (Lipinski definition) is 1. The molecule has 2 nitrogen and oxygen atoms in total. The van der Waals surface area contributed by atoms with E-state index in [0.29, 0.717) is 18.3 Å². The number of primary amides is 1. The first-order chi connectivity index (χ1) is 9.09. The second-order valence-electron chi connectivity index (χ2n) is 5.96. The van der Waals surface area contributed by atoms with E-state index >= 15 is 0 Å². The van der Waals surface area contributed by atoms with Gasteiger partial charge in [0.05, 0.1) is 0 Å². The van der Waals surface area contributed by atoms with Crippen LogP contribution < -0.4 is 5.73 Å². The van der Waals surface area contributed by atoms with Crippen molar-refractivity contribution in [1.82, 2.24) is 0 Å². The van der Waals surface area contributed by atoms with Crippen LogP contribution in [-0.2, 0) is 4.79 Å². The second-order valence-corrected chi connectivity index (χ2v) is 5.96. The number of nitrogens with two attached hydrogens (primary N) is 1. The van der Waals surface area contributed by atoms with Crippen LogP contribution in [-0.4, -0.2) is 5.91 Å². The van der Waals surface area contributed by atoms with Gasteiger partial charge in [-0.2, -0.15) is 0 Å². The summed E-state index contributed by atoms with van der Waals surface area (Å²) in [6.45, 7) is 4.31. The fourth-order valence-corrected chi connectivity index (χ4v) is 3.46. The Morgan fingerprint density at radius 3 is 2.58 bits per heavy atom. The molecule has 2 heteroatoms. The molecule has 0 heterocycles. The average molecular weight is 259 g/mol. The molecule has 1 fully saturated rings. The average Bonchev–Trinajstić information content (AvgIpc) is 2.40. The van der Waals surface area contributed by atoms with Gasteiger partial charge in [-0.1, -0.05) is 37.5 Å². The lowest BCUT2D eigenvalue weighted by Gasteiger charge is -2.31. The molecule has 1 saturated carbocycles. The highest BCUT2D eigenvalue weighted by Gasteiger charge is 2.27. The lowest BCUT2D eigenvalue weighted by Crippen LogP contribution is -2.23. The third-order valence-electron chi connectivity index (χ3n) is 4.69. The molecule has 1 aliphatic carbocycles. The van der Waals surface area contributed by atoms with Crippen molar-refractivity contribution >= 4 is 5.91 Å². The van der Waals surface area contributed by atoms with Crippen LogP contribution in [0, 0.1) is 19.8 Å². The van der Waals surface area contributed by atoms with Crippen molar-refractivity contribution in [1.29, 1.82) is 0 Å². The van der Waals surface area contributed by atoms with Gasteiger partial charge < -0.3 is 5.73 Å². The van der Waals surface area contributed by atoms with E-state index in [2.05, 4.69) is 32.0 Å². The lowest BCUT2D eigenvalue weighted by atomic mass is 9.74. The van der Waals surface area contributed by atoms with E-state index in [9.17, 15) is 4.79 Å². The third kappa shape index (κ3) is 3.37. The monoisotopic (exact) mass is 259 g/mol. The van der Waals surface area contributed by atoms with Crippen molar-refractivity contribution in [2.75, 3.05) is 0 Å². The fourth-order valence-electron chi connectivity index (χ4n) is 3.46. The fraction of sp³-hybridized carbons (Fsp3) is 0.588. The van der Waals surface area contributed by atoms with Crippen LogP contribution in [0.3, 0.4) is 0 Å². The van der Waals surface area contributed by atoms with E-state index in [1.165, 1.54) is 48.8 Å². The smallest absolute Gasteiger partial charge is 0.218 e. The van der Waals surface area contributed by atoms with Crippen molar-refractivity contribution in [3.63, 3.8) is 0 Å². The van der Waals surface area contributed by atoms with Gasteiger partial charge in [-0.3, -0.25) is 4.79 Å². The minimum Gasteiger partial charge on any atom is -0.370 e. The standard InChI is InChI=1S/C17H25NO/c1-12-7-6-10-15(13(12)2)16(11-17(18)19)14-8-4-3-5-9-14/h6-7,10,14,16H,3-5,8-9,11H2,1-2H3,(H2,18,19). The molecule has 104 valence electrons. The van der Waals surface area contributed by atoms with E-state index in [4.69, 9.17) is 5.73 Å². The Kier molecular flexibility index (Phi) is 4.62.